The molecule has 0 aliphatic carbocycles. The summed E-state index contributed by atoms with van der Waals surface area (Å²) in [6, 6.07) is 13.0. The van der Waals surface area contributed by atoms with Gasteiger partial charge in [-0.15, -0.1) is 0 Å². The van der Waals surface area contributed by atoms with E-state index in [4.69, 9.17) is 18.4 Å². The number of hydrogen-bond donors (Lipinski definition) is 0. The molecule has 1 aromatic heterocycles. The van der Waals surface area contributed by atoms with Crippen LogP contribution in [-0.4, -0.2) is 13.2 Å². The average Bonchev–Trinajstić information content (AvgIpc) is 2.66. The normalized spacial score (nSPS) is 12.7. The van der Waals surface area contributed by atoms with Crippen molar-refractivity contribution in [1.82, 2.24) is 0 Å². The zero-order chi connectivity index (χ0) is 17.6. The maximum atomic E-state index is 11.7. The third-order valence-corrected chi connectivity index (χ3v) is 4.50. The SMILES string of the molecule is Cc1coc2cc(OPI)ccc2c1=O.c1ccc2c(c1)OCCO2. The molecule has 1 aliphatic heterocycles. The van der Waals surface area contributed by atoms with Crippen LogP contribution in [0.2, 0.25) is 0 Å². The Balaban J connectivity index is 0.000000157. The van der Waals surface area contributed by atoms with Crippen molar-refractivity contribution in [2.24, 2.45) is 0 Å². The van der Waals surface area contributed by atoms with Gasteiger partial charge in [-0.25, -0.2) is 0 Å². The predicted octanol–water partition coefficient (Wildman–Crippen LogP) is 4.88. The standard InChI is InChI=1S/C10H8IO3P.C8H8O2/c1-6-5-13-9-4-7(14-15-11)2-3-8(9)10(6)12;1-2-4-8-7(3-1)9-5-6-10-8/h2-5,15H,1H3;1-4H,5-6H2. The van der Waals surface area contributed by atoms with Crippen molar-refractivity contribution in [3.63, 3.8) is 0 Å². The lowest BCUT2D eigenvalue weighted by Crippen LogP contribution is -2.14. The minimum Gasteiger partial charge on any atom is -0.486 e. The summed E-state index contributed by atoms with van der Waals surface area (Å²) < 4.78 is 21.3. The second-order valence-corrected chi connectivity index (χ2v) is 6.91. The number of hydrogen-bond acceptors (Lipinski definition) is 5. The largest absolute Gasteiger partial charge is 0.486 e. The molecule has 0 bridgehead atoms. The molecule has 2 heterocycles. The van der Waals surface area contributed by atoms with Crippen LogP contribution in [0.25, 0.3) is 11.0 Å². The molecular weight excluding hydrogens is 454 g/mol. The molecule has 2 aromatic carbocycles. The summed E-state index contributed by atoms with van der Waals surface area (Å²) in [5, 5.41) is 0.596. The Morgan fingerprint density at radius 2 is 1.76 bits per heavy atom. The topological polar surface area (TPSA) is 57.9 Å². The lowest BCUT2D eigenvalue weighted by Gasteiger charge is -2.17. The molecule has 0 saturated carbocycles. The van der Waals surface area contributed by atoms with Crippen LogP contribution < -0.4 is 19.4 Å². The molecule has 5 nitrogen and oxygen atoms in total. The summed E-state index contributed by atoms with van der Waals surface area (Å²) in [5.41, 5.74) is 1.20. The van der Waals surface area contributed by atoms with Crippen molar-refractivity contribution in [3.8, 4) is 17.2 Å². The lowest BCUT2D eigenvalue weighted by atomic mass is 10.2. The van der Waals surface area contributed by atoms with Gasteiger partial charge in [0.1, 0.15) is 31.0 Å². The van der Waals surface area contributed by atoms with Gasteiger partial charge in [0.2, 0.25) is 0 Å². The summed E-state index contributed by atoms with van der Waals surface area (Å²) >= 11 is 2.14. The van der Waals surface area contributed by atoms with E-state index < -0.39 is 0 Å². The van der Waals surface area contributed by atoms with Crippen LogP contribution >= 0.6 is 28.5 Å². The maximum Gasteiger partial charge on any atom is 0.195 e. The van der Waals surface area contributed by atoms with E-state index in [1.54, 1.807) is 25.1 Å². The highest BCUT2D eigenvalue weighted by atomic mass is 127. The predicted molar refractivity (Wildman–Crippen MR) is 108 cm³/mol. The van der Waals surface area contributed by atoms with Crippen LogP contribution in [0.3, 0.4) is 0 Å². The molecular formula is C18H16IO5P. The van der Waals surface area contributed by atoms with Gasteiger partial charge in [0, 0.05) is 11.6 Å². The molecule has 0 spiro atoms. The van der Waals surface area contributed by atoms with E-state index in [-0.39, 0.29) is 5.43 Å². The fourth-order valence-corrected chi connectivity index (χ4v) is 3.28. The van der Waals surface area contributed by atoms with Gasteiger partial charge in [-0.2, -0.15) is 0 Å². The smallest absolute Gasteiger partial charge is 0.195 e. The monoisotopic (exact) mass is 470 g/mol. The fourth-order valence-electron chi connectivity index (χ4n) is 2.31. The maximum absolute atomic E-state index is 11.7. The van der Waals surface area contributed by atoms with E-state index >= 15 is 0 Å². The minimum absolute atomic E-state index is 0.0136. The van der Waals surface area contributed by atoms with Gasteiger partial charge in [-0.3, -0.25) is 4.79 Å². The zero-order valence-corrected chi connectivity index (χ0v) is 16.6. The number of para-hydroxylation sites is 2. The molecule has 0 saturated heterocycles. The summed E-state index contributed by atoms with van der Waals surface area (Å²) in [4.78, 5) is 11.7. The van der Waals surface area contributed by atoms with Gasteiger partial charge in [0.05, 0.1) is 11.6 Å². The highest BCUT2D eigenvalue weighted by molar-refractivity contribution is 14.2. The van der Waals surface area contributed by atoms with E-state index in [9.17, 15) is 4.79 Å². The first kappa shape index (κ1) is 18.0. The Hall–Kier alpha value is -1.79. The lowest BCUT2D eigenvalue weighted by molar-refractivity contribution is 0.171. The molecule has 25 heavy (non-hydrogen) atoms. The summed E-state index contributed by atoms with van der Waals surface area (Å²) in [6.45, 7) is 3.42. The molecule has 0 fully saturated rings. The van der Waals surface area contributed by atoms with Crippen LogP contribution in [0.4, 0.5) is 0 Å². The number of ether oxygens (including phenoxy) is 2. The first-order valence-corrected chi connectivity index (χ1v) is 11.6. The number of aryl methyl sites for hydroxylation is 1. The van der Waals surface area contributed by atoms with Gasteiger partial charge in [-0.1, -0.05) is 12.1 Å². The first-order chi connectivity index (χ1) is 12.2. The molecule has 1 aliphatic rings. The molecule has 0 N–H and O–H groups in total. The number of rotatable bonds is 2. The van der Waals surface area contributed by atoms with Crippen LogP contribution in [0.5, 0.6) is 17.2 Å². The second-order valence-electron chi connectivity index (χ2n) is 5.23. The average molecular weight is 470 g/mol. The van der Waals surface area contributed by atoms with Crippen LogP contribution in [0.1, 0.15) is 5.56 Å². The van der Waals surface area contributed by atoms with Crippen molar-refractivity contribution in [2.75, 3.05) is 13.2 Å². The van der Waals surface area contributed by atoms with Crippen molar-refractivity contribution in [2.45, 2.75) is 6.92 Å². The Bertz CT molecular complexity index is 900. The molecule has 0 radical (unpaired) electrons. The quantitative estimate of drug-likeness (QED) is 0.395. The summed E-state index contributed by atoms with van der Waals surface area (Å²) in [6.07, 6.45) is 1.47. The highest BCUT2D eigenvalue weighted by Gasteiger charge is 2.08. The summed E-state index contributed by atoms with van der Waals surface area (Å²) in [7, 11) is 0. The molecule has 7 heteroatoms. The molecule has 3 aromatic rings. The Kier molecular flexibility index (Phi) is 6.15. The van der Waals surface area contributed by atoms with Crippen molar-refractivity contribution >= 4 is 39.5 Å². The molecule has 4 rings (SSSR count). The molecule has 1 atom stereocenters. The number of halogens is 1. The van der Waals surface area contributed by atoms with Gasteiger partial charge in [0.25, 0.3) is 0 Å². The van der Waals surface area contributed by atoms with Gasteiger partial charge < -0.3 is 18.4 Å². The van der Waals surface area contributed by atoms with Crippen LogP contribution in [0, 0.1) is 6.92 Å². The zero-order valence-electron chi connectivity index (χ0n) is 13.5. The second kappa shape index (κ2) is 8.54. The van der Waals surface area contributed by atoms with Gasteiger partial charge in [0.15, 0.2) is 16.9 Å². The van der Waals surface area contributed by atoms with Gasteiger partial charge in [-0.05, 0) is 53.2 Å². The van der Waals surface area contributed by atoms with Gasteiger partial charge >= 0.3 is 0 Å². The third-order valence-electron chi connectivity index (χ3n) is 3.52. The van der Waals surface area contributed by atoms with Crippen molar-refractivity contribution < 1.29 is 18.4 Å². The van der Waals surface area contributed by atoms with E-state index in [2.05, 4.69) is 22.0 Å². The number of fused-ring (bicyclic) bond motifs is 2. The third kappa shape index (κ3) is 4.44. The Morgan fingerprint density at radius 1 is 1.08 bits per heavy atom. The van der Waals surface area contributed by atoms with E-state index in [0.717, 1.165) is 17.2 Å². The van der Waals surface area contributed by atoms with Crippen molar-refractivity contribution in [3.05, 3.63) is 64.5 Å². The molecule has 1 unspecified atom stereocenters. The molecule has 130 valence electrons. The Labute approximate surface area is 159 Å². The fraction of sp³-hybridized carbons (Fsp3) is 0.167. The van der Waals surface area contributed by atoms with Crippen LogP contribution in [0.15, 0.2) is 57.9 Å². The highest BCUT2D eigenvalue weighted by Crippen LogP contribution is 2.29. The van der Waals surface area contributed by atoms with E-state index in [1.807, 2.05) is 24.3 Å². The van der Waals surface area contributed by atoms with Crippen molar-refractivity contribution in [1.29, 1.82) is 0 Å². The summed E-state index contributed by atoms with van der Waals surface area (Å²) in [5.74, 6) is 2.43. The van der Waals surface area contributed by atoms with E-state index in [1.165, 1.54) is 6.26 Å². The first-order valence-electron chi connectivity index (χ1n) is 7.58. The van der Waals surface area contributed by atoms with Crippen LogP contribution in [-0.2, 0) is 0 Å². The number of benzene rings is 2. The Morgan fingerprint density at radius 3 is 2.40 bits per heavy atom. The van der Waals surface area contributed by atoms with E-state index in [0.29, 0.717) is 36.2 Å². The molecule has 0 amide bonds. The minimum atomic E-state index is 0.0136.